The second-order valence-electron chi connectivity index (χ2n) is 13.9. The molecule has 0 atom stereocenters. The highest BCUT2D eigenvalue weighted by molar-refractivity contribution is 14.1. The molecule has 9 heteroatoms. The summed E-state index contributed by atoms with van der Waals surface area (Å²) in [5.41, 5.74) is 2.13. The maximum absolute atomic E-state index is 12.7. The van der Waals surface area contributed by atoms with Crippen LogP contribution in [-0.4, -0.2) is 32.4 Å². The van der Waals surface area contributed by atoms with E-state index in [0.29, 0.717) is 43.5 Å². The van der Waals surface area contributed by atoms with E-state index in [1.54, 1.807) is 41.2 Å². The van der Waals surface area contributed by atoms with Crippen molar-refractivity contribution in [2.45, 2.75) is 144 Å². The second kappa shape index (κ2) is 28.1. The van der Waals surface area contributed by atoms with Gasteiger partial charge in [0.15, 0.2) is 23.0 Å². The molecule has 3 aromatic rings. The molecule has 3 aromatic carbocycles. The van der Waals surface area contributed by atoms with E-state index in [0.717, 1.165) is 85.5 Å². The number of unbranched alkanes of at least 4 members (excludes halogenated alkanes) is 12. The molecule has 0 saturated carbocycles. The van der Waals surface area contributed by atoms with Crippen molar-refractivity contribution in [3.05, 3.63) is 71.3 Å². The second-order valence-corrected chi connectivity index (χ2v) is 14.3. The van der Waals surface area contributed by atoms with Crippen molar-refractivity contribution in [2.24, 2.45) is 0 Å². The highest BCUT2D eigenvalue weighted by Crippen LogP contribution is 2.30. The van der Waals surface area contributed by atoms with Gasteiger partial charge in [-0.1, -0.05) is 105 Å². The lowest BCUT2D eigenvalue weighted by Crippen LogP contribution is -2.05. The van der Waals surface area contributed by atoms with Gasteiger partial charge in [0.1, 0.15) is 47.7 Å². The first-order valence-electron chi connectivity index (χ1n) is 20.5. The first-order chi connectivity index (χ1) is 26.5. The Morgan fingerprint density at radius 2 is 0.722 bits per heavy atom. The number of ether oxygens (including phenoxy) is 6. The molecule has 3 rings (SSSR count). The van der Waals surface area contributed by atoms with Crippen molar-refractivity contribution in [1.29, 1.82) is 0 Å². The Morgan fingerprint density at radius 1 is 0.407 bits per heavy atom. The third-order valence-corrected chi connectivity index (χ3v) is 9.34. The van der Waals surface area contributed by atoms with Crippen LogP contribution in [0.5, 0.6) is 34.5 Å². The summed E-state index contributed by atoms with van der Waals surface area (Å²) in [6, 6.07) is 17.0. The summed E-state index contributed by atoms with van der Waals surface area (Å²) in [6.45, 7) is 11.8. The Morgan fingerprint density at radius 3 is 1.07 bits per heavy atom. The minimum Gasteiger partial charge on any atom is -0.493 e. The van der Waals surface area contributed by atoms with Crippen molar-refractivity contribution in [3.8, 4) is 34.5 Å². The molecule has 0 N–H and O–H groups in total. The molecule has 0 aliphatic heterocycles. The van der Waals surface area contributed by atoms with Crippen molar-refractivity contribution in [1.82, 2.24) is 0 Å². The smallest absolute Gasteiger partial charge is 0.347 e. The lowest BCUT2D eigenvalue weighted by atomic mass is 10.1. The molecule has 0 aliphatic rings. The Hall–Kier alpha value is -3.34. The number of hydrogen-bond donors (Lipinski definition) is 0. The molecule has 0 fully saturated rings. The van der Waals surface area contributed by atoms with Gasteiger partial charge in [-0.2, -0.15) is 0 Å². The van der Waals surface area contributed by atoms with Crippen LogP contribution in [0.2, 0.25) is 0 Å². The zero-order valence-electron chi connectivity index (χ0n) is 33.4. The van der Waals surface area contributed by atoms with Crippen LogP contribution in [0.1, 0.15) is 152 Å². The number of carbonyl (C=O) groups excluding carboxylic acids is 1. The van der Waals surface area contributed by atoms with Crippen LogP contribution >= 0.6 is 23.0 Å². The molecule has 0 unspecified atom stereocenters. The monoisotopic (exact) mass is 860 g/mol. The largest absolute Gasteiger partial charge is 0.493 e. The Balaban J connectivity index is 1.73. The quantitative estimate of drug-likeness (QED) is 0.0467. The Labute approximate surface area is 339 Å². The first kappa shape index (κ1) is 45.1. The Kier molecular flexibility index (Phi) is 23.5. The Bertz CT molecular complexity index is 1400. The summed E-state index contributed by atoms with van der Waals surface area (Å²) in [4.78, 5) is 12.7. The summed E-state index contributed by atoms with van der Waals surface area (Å²) in [5.74, 6) is 3.51. The van der Waals surface area contributed by atoms with Gasteiger partial charge in [-0.05, 0) is 73.2 Å². The normalized spacial score (nSPS) is 10.9. The van der Waals surface area contributed by atoms with Crippen LogP contribution in [0.15, 0.2) is 54.6 Å². The SMILES string of the molecule is CCCCCCCCOc1cc(COc2cc(OCc3cc(OCCCC)cc(OCCCC)c3)cc(C(=O)OI)c2)cc(OCCCCCCCC)c1. The van der Waals surface area contributed by atoms with Crippen LogP contribution in [0.3, 0.4) is 0 Å². The first-order valence-corrected chi connectivity index (χ1v) is 21.4. The maximum Gasteiger partial charge on any atom is 0.347 e. The van der Waals surface area contributed by atoms with Gasteiger partial charge in [-0.3, -0.25) is 0 Å². The molecule has 0 heterocycles. The predicted octanol–water partition coefficient (Wildman–Crippen LogP) is 13.2. The van der Waals surface area contributed by atoms with E-state index >= 15 is 0 Å². The molecule has 54 heavy (non-hydrogen) atoms. The van der Waals surface area contributed by atoms with Gasteiger partial charge in [0, 0.05) is 18.2 Å². The molecule has 0 radical (unpaired) electrons. The van der Waals surface area contributed by atoms with Crippen molar-refractivity contribution >= 4 is 29.0 Å². The van der Waals surface area contributed by atoms with Crippen molar-refractivity contribution in [2.75, 3.05) is 26.4 Å². The third-order valence-electron chi connectivity index (χ3n) is 8.94. The van der Waals surface area contributed by atoms with E-state index in [2.05, 4.69) is 27.7 Å². The summed E-state index contributed by atoms with van der Waals surface area (Å²) < 4.78 is 42.0. The fourth-order valence-corrected chi connectivity index (χ4v) is 6.06. The van der Waals surface area contributed by atoms with Crippen LogP contribution in [0.25, 0.3) is 0 Å². The highest BCUT2D eigenvalue weighted by atomic mass is 127. The highest BCUT2D eigenvalue weighted by Gasteiger charge is 2.14. The summed E-state index contributed by atoms with van der Waals surface area (Å²) in [7, 11) is 0. The van der Waals surface area contributed by atoms with E-state index in [-0.39, 0.29) is 13.2 Å². The van der Waals surface area contributed by atoms with Gasteiger partial charge in [0.05, 0.1) is 32.0 Å². The van der Waals surface area contributed by atoms with Crippen LogP contribution in [0.4, 0.5) is 0 Å². The lowest BCUT2D eigenvalue weighted by Gasteiger charge is -2.15. The molecular formula is C45H65IO8. The van der Waals surface area contributed by atoms with Crippen molar-refractivity contribution in [3.63, 3.8) is 0 Å². The zero-order chi connectivity index (χ0) is 38.6. The minimum atomic E-state index is -0.487. The molecule has 0 bridgehead atoms. The predicted molar refractivity (Wildman–Crippen MR) is 226 cm³/mol. The van der Waals surface area contributed by atoms with Gasteiger partial charge in [0.2, 0.25) is 0 Å². The number of carbonyl (C=O) groups is 1. The molecule has 0 spiro atoms. The average molecular weight is 861 g/mol. The number of benzene rings is 3. The molecule has 0 saturated heterocycles. The molecule has 0 amide bonds. The van der Waals surface area contributed by atoms with E-state index in [1.807, 2.05) is 36.4 Å². The van der Waals surface area contributed by atoms with Crippen LogP contribution in [-0.2, 0) is 16.3 Å². The summed E-state index contributed by atoms with van der Waals surface area (Å²) in [6.07, 6.45) is 18.5. The summed E-state index contributed by atoms with van der Waals surface area (Å²) >= 11 is 1.60. The van der Waals surface area contributed by atoms with E-state index in [9.17, 15) is 4.79 Å². The number of rotatable bonds is 31. The van der Waals surface area contributed by atoms with Crippen LogP contribution < -0.4 is 28.4 Å². The van der Waals surface area contributed by atoms with E-state index < -0.39 is 5.97 Å². The fraction of sp³-hybridized carbons (Fsp3) is 0.578. The maximum atomic E-state index is 12.7. The van der Waals surface area contributed by atoms with Crippen molar-refractivity contribution < 1.29 is 36.3 Å². The van der Waals surface area contributed by atoms with Gasteiger partial charge in [-0.25, -0.2) is 4.79 Å². The third kappa shape index (κ3) is 18.8. The van der Waals surface area contributed by atoms with Crippen LogP contribution in [0, 0.1) is 0 Å². The standard InChI is InChI=1S/C45H65IO8/c1-5-9-13-15-17-19-23-50-41-27-37(28-42(32-41)51-24-20-18-16-14-10-6-2)35-53-44-30-38(45(47)54-46)29-43(33-44)52-34-36-25-39(48-21-11-7-3)31-40(26-36)49-22-12-8-4/h25-33H,5-24,34-35H2,1-4H3. The molecule has 8 nitrogen and oxygen atoms in total. The molecule has 0 aliphatic carbocycles. The van der Waals surface area contributed by atoms with E-state index in [1.165, 1.54) is 51.4 Å². The fourth-order valence-electron chi connectivity index (χ4n) is 5.81. The molecule has 0 aromatic heterocycles. The van der Waals surface area contributed by atoms with Gasteiger partial charge >= 0.3 is 5.97 Å². The van der Waals surface area contributed by atoms with Gasteiger partial charge < -0.3 is 31.5 Å². The molecular weight excluding hydrogens is 795 g/mol. The number of hydrogen-bond acceptors (Lipinski definition) is 8. The van der Waals surface area contributed by atoms with Gasteiger partial charge in [-0.15, -0.1) is 0 Å². The summed E-state index contributed by atoms with van der Waals surface area (Å²) in [5, 5.41) is 0. The van der Waals surface area contributed by atoms with Gasteiger partial charge in [0.25, 0.3) is 0 Å². The average Bonchev–Trinajstić information content (AvgIpc) is 3.18. The minimum absolute atomic E-state index is 0.245. The topological polar surface area (TPSA) is 81.7 Å². The number of halogens is 1. The van der Waals surface area contributed by atoms with E-state index in [4.69, 9.17) is 31.5 Å². The lowest BCUT2D eigenvalue weighted by molar-refractivity contribution is 0.0799. The molecule has 300 valence electrons. The zero-order valence-corrected chi connectivity index (χ0v) is 35.6.